The third-order valence-corrected chi connectivity index (χ3v) is 3.09. The molecule has 0 radical (unpaired) electrons. The van der Waals surface area contributed by atoms with Crippen molar-refractivity contribution in [2.45, 2.75) is 25.7 Å². The van der Waals surface area contributed by atoms with Crippen LogP contribution in [0, 0.1) is 0 Å². The van der Waals surface area contributed by atoms with E-state index in [0.29, 0.717) is 17.9 Å². The van der Waals surface area contributed by atoms with Crippen LogP contribution in [0.1, 0.15) is 19.4 Å². The zero-order chi connectivity index (χ0) is 16.2. The summed E-state index contributed by atoms with van der Waals surface area (Å²) in [6.45, 7) is 4.17. The van der Waals surface area contributed by atoms with E-state index < -0.39 is 11.8 Å². The monoisotopic (exact) mass is 308 g/mol. The molecule has 1 aromatic rings. The summed E-state index contributed by atoms with van der Waals surface area (Å²) in [5.74, 6) is -0.715. The maximum atomic E-state index is 11.7. The largest absolute Gasteiger partial charge is 0.504 e. The number of carbonyl (C=O) groups excluding carboxylic acids is 1. The molecule has 1 atom stereocenters. The molecule has 1 unspecified atom stereocenters. The molecule has 1 N–H and O–H groups in total. The minimum Gasteiger partial charge on any atom is -0.504 e. The molecule has 1 aliphatic rings. The lowest BCUT2D eigenvalue weighted by molar-refractivity contribution is -0.154. The van der Waals surface area contributed by atoms with Crippen LogP contribution >= 0.6 is 0 Å². The second-order valence-electron chi connectivity index (χ2n) is 5.35. The average molecular weight is 308 g/mol. The Morgan fingerprint density at radius 1 is 1.50 bits per heavy atom. The number of phenols is 1. The van der Waals surface area contributed by atoms with Gasteiger partial charge in [0.05, 0.1) is 13.7 Å². The third-order valence-electron chi connectivity index (χ3n) is 3.09. The Morgan fingerprint density at radius 2 is 2.27 bits per heavy atom. The van der Waals surface area contributed by atoms with Gasteiger partial charge < -0.3 is 24.1 Å². The molecule has 0 bridgehead atoms. The molecule has 0 aromatic heterocycles. The van der Waals surface area contributed by atoms with Crippen LogP contribution in [-0.2, 0) is 19.0 Å². The number of rotatable bonds is 5. The quantitative estimate of drug-likeness (QED) is 0.663. The van der Waals surface area contributed by atoms with Gasteiger partial charge in [-0.2, -0.15) is 0 Å². The van der Waals surface area contributed by atoms with E-state index in [1.807, 2.05) is 13.8 Å². The van der Waals surface area contributed by atoms with Crippen molar-refractivity contribution >= 4 is 12.0 Å². The molecule has 6 heteroatoms. The van der Waals surface area contributed by atoms with Crippen LogP contribution in [-0.4, -0.2) is 43.3 Å². The summed E-state index contributed by atoms with van der Waals surface area (Å²) in [4.78, 5) is 11.7. The van der Waals surface area contributed by atoms with Gasteiger partial charge in [-0.05, 0) is 37.6 Å². The first-order valence-electron chi connectivity index (χ1n) is 6.93. The minimum absolute atomic E-state index is 0.0447. The number of ether oxygens (including phenoxy) is 4. The highest BCUT2D eigenvalue weighted by atomic mass is 16.7. The normalized spacial score (nSPS) is 20.2. The summed E-state index contributed by atoms with van der Waals surface area (Å²) >= 11 is 0. The topological polar surface area (TPSA) is 74.2 Å². The van der Waals surface area contributed by atoms with Crippen LogP contribution in [0.25, 0.3) is 6.08 Å². The van der Waals surface area contributed by atoms with E-state index >= 15 is 0 Å². The van der Waals surface area contributed by atoms with Gasteiger partial charge in [0.1, 0.15) is 12.7 Å². The van der Waals surface area contributed by atoms with E-state index in [-0.39, 0.29) is 18.5 Å². The van der Waals surface area contributed by atoms with Gasteiger partial charge in [-0.1, -0.05) is 6.07 Å². The van der Waals surface area contributed by atoms with E-state index in [2.05, 4.69) is 0 Å². The Balaban J connectivity index is 1.84. The van der Waals surface area contributed by atoms with Gasteiger partial charge in [-0.15, -0.1) is 0 Å². The van der Waals surface area contributed by atoms with Gasteiger partial charge in [0, 0.05) is 6.08 Å². The predicted molar refractivity (Wildman–Crippen MR) is 79.6 cm³/mol. The van der Waals surface area contributed by atoms with Crippen molar-refractivity contribution < 1.29 is 28.8 Å². The summed E-state index contributed by atoms with van der Waals surface area (Å²) in [7, 11) is 1.46. The van der Waals surface area contributed by atoms with Gasteiger partial charge in [-0.3, -0.25) is 0 Å². The van der Waals surface area contributed by atoms with Gasteiger partial charge in [0.25, 0.3) is 0 Å². The van der Waals surface area contributed by atoms with E-state index in [9.17, 15) is 9.90 Å². The number of aromatic hydroxyl groups is 1. The maximum Gasteiger partial charge on any atom is 0.330 e. The number of hydrogen-bond acceptors (Lipinski definition) is 6. The smallest absolute Gasteiger partial charge is 0.330 e. The molecule has 0 amide bonds. The van der Waals surface area contributed by atoms with Gasteiger partial charge in [0.15, 0.2) is 17.3 Å². The van der Waals surface area contributed by atoms with Crippen molar-refractivity contribution in [3.05, 3.63) is 29.8 Å². The van der Waals surface area contributed by atoms with Gasteiger partial charge in [-0.25, -0.2) is 4.79 Å². The first-order chi connectivity index (χ1) is 10.4. The molecule has 1 aliphatic heterocycles. The minimum atomic E-state index is -0.629. The molecule has 2 rings (SSSR count). The number of esters is 1. The molecule has 0 saturated carbocycles. The second kappa shape index (κ2) is 6.81. The van der Waals surface area contributed by atoms with Crippen LogP contribution < -0.4 is 4.74 Å². The number of hydrogen-bond donors (Lipinski definition) is 1. The van der Waals surface area contributed by atoms with Crippen molar-refractivity contribution in [3.8, 4) is 11.5 Å². The number of methoxy groups -OCH3 is 1. The van der Waals surface area contributed by atoms with Crippen molar-refractivity contribution in [1.29, 1.82) is 0 Å². The first kappa shape index (κ1) is 16.3. The van der Waals surface area contributed by atoms with Crippen LogP contribution in [0.5, 0.6) is 11.5 Å². The van der Waals surface area contributed by atoms with E-state index in [0.717, 1.165) is 0 Å². The van der Waals surface area contributed by atoms with Gasteiger partial charge >= 0.3 is 5.97 Å². The lowest BCUT2D eigenvalue weighted by Gasteiger charge is -2.16. The zero-order valence-electron chi connectivity index (χ0n) is 12.9. The van der Waals surface area contributed by atoms with Crippen molar-refractivity contribution in [1.82, 2.24) is 0 Å². The summed E-state index contributed by atoms with van der Waals surface area (Å²) in [6.07, 6.45) is 2.65. The molecule has 1 aromatic carbocycles. The Bertz CT molecular complexity index is 564. The molecule has 1 heterocycles. The van der Waals surface area contributed by atoms with E-state index in [1.54, 1.807) is 18.2 Å². The Labute approximate surface area is 129 Å². The molecule has 1 saturated heterocycles. The molecule has 0 aliphatic carbocycles. The number of carbonyl (C=O) groups is 1. The molecule has 0 spiro atoms. The average Bonchev–Trinajstić information content (AvgIpc) is 2.83. The van der Waals surface area contributed by atoms with E-state index in [1.165, 1.54) is 19.3 Å². The van der Waals surface area contributed by atoms with Crippen molar-refractivity contribution in [2.24, 2.45) is 0 Å². The van der Waals surface area contributed by atoms with Crippen LogP contribution in [0.2, 0.25) is 0 Å². The van der Waals surface area contributed by atoms with Crippen LogP contribution in [0.4, 0.5) is 0 Å². The number of benzene rings is 1. The summed E-state index contributed by atoms with van der Waals surface area (Å²) in [5, 5.41) is 9.49. The maximum absolute atomic E-state index is 11.7. The van der Waals surface area contributed by atoms with Gasteiger partial charge in [0.2, 0.25) is 0 Å². The molecular formula is C16H20O6. The van der Waals surface area contributed by atoms with Crippen LogP contribution in [0.15, 0.2) is 24.3 Å². The summed E-state index contributed by atoms with van der Waals surface area (Å²) in [5.41, 5.74) is 0.716. The highest BCUT2D eigenvalue weighted by Crippen LogP contribution is 2.26. The Morgan fingerprint density at radius 3 is 2.91 bits per heavy atom. The predicted octanol–water partition coefficient (Wildman–Crippen LogP) is 2.11. The SMILES string of the molecule is COc1cc(/C=C/C(=O)OCC2COC(C)(C)O2)ccc1O. The molecule has 1 fully saturated rings. The fourth-order valence-electron chi connectivity index (χ4n) is 2.03. The molecule has 6 nitrogen and oxygen atoms in total. The zero-order valence-corrected chi connectivity index (χ0v) is 12.9. The molecular weight excluding hydrogens is 288 g/mol. The highest BCUT2D eigenvalue weighted by Gasteiger charge is 2.33. The standard InChI is InChI=1S/C16H20O6/c1-16(2)21-10-12(22-16)9-20-15(18)7-5-11-4-6-13(17)14(8-11)19-3/h4-8,12,17H,9-10H2,1-3H3/b7-5+. The fourth-order valence-corrected chi connectivity index (χ4v) is 2.03. The number of phenolic OH excluding ortho intramolecular Hbond substituents is 1. The fraction of sp³-hybridized carbons (Fsp3) is 0.438. The molecule has 120 valence electrons. The summed E-state index contributed by atoms with van der Waals surface area (Å²) in [6, 6.07) is 4.78. The first-order valence-corrected chi connectivity index (χ1v) is 6.93. The Hall–Kier alpha value is -2.05. The lowest BCUT2D eigenvalue weighted by atomic mass is 10.2. The lowest BCUT2D eigenvalue weighted by Crippen LogP contribution is -2.24. The van der Waals surface area contributed by atoms with Crippen molar-refractivity contribution in [2.75, 3.05) is 20.3 Å². The Kier molecular flexibility index (Phi) is 5.05. The summed E-state index contributed by atoms with van der Waals surface area (Å²) < 4.78 is 21.0. The van der Waals surface area contributed by atoms with Crippen LogP contribution in [0.3, 0.4) is 0 Å². The van der Waals surface area contributed by atoms with Crippen molar-refractivity contribution in [3.63, 3.8) is 0 Å². The third kappa shape index (κ3) is 4.47. The van der Waals surface area contributed by atoms with E-state index in [4.69, 9.17) is 18.9 Å². The highest BCUT2D eigenvalue weighted by molar-refractivity contribution is 5.87. The molecule has 22 heavy (non-hydrogen) atoms. The second-order valence-corrected chi connectivity index (χ2v) is 5.35.